The SMILES string of the molecule is Cc1sc(COc2cccc3ccc(/C=N/N4C(=O)c5ccccc5C45c4ccc(O)cc4Oc4cc(O)ccc45)nc23)cc1C1=C(c2c(C)sc3ccccc23)C(F)(F)C(F)(F)C1(F)F. The molecule has 3 aromatic heterocycles. The van der Waals surface area contributed by atoms with E-state index in [1.165, 1.54) is 61.5 Å². The van der Waals surface area contributed by atoms with Crippen molar-refractivity contribution in [3.8, 4) is 28.7 Å². The number of carbonyl (C=O) groups is 1. The number of hydrazone groups is 1. The molecular weight excluding hydrogens is 901 g/mol. The number of halogens is 6. The van der Waals surface area contributed by atoms with E-state index in [0.717, 1.165) is 22.7 Å². The van der Waals surface area contributed by atoms with Crippen LogP contribution in [0.25, 0.3) is 32.1 Å². The predicted octanol–water partition coefficient (Wildman–Crippen LogP) is 12.8. The minimum atomic E-state index is -5.71. The molecule has 0 bridgehead atoms. The number of benzene rings is 5. The molecule has 5 aromatic carbocycles. The number of aryl methyl sites for hydroxylation is 2. The second kappa shape index (κ2) is 14.4. The van der Waals surface area contributed by atoms with Crippen LogP contribution in [0.3, 0.4) is 0 Å². The van der Waals surface area contributed by atoms with Gasteiger partial charge in [0.05, 0.1) is 11.9 Å². The Hall–Kier alpha value is -7.17. The molecule has 0 atom stereocenters. The Morgan fingerprint density at radius 3 is 2.15 bits per heavy atom. The number of alkyl halides is 6. The lowest BCUT2D eigenvalue weighted by Crippen LogP contribution is -2.48. The number of allylic oxidation sites excluding steroid dienone is 2. The fraction of sp³-hybridized carbons (Fsp3) is 0.140. The van der Waals surface area contributed by atoms with Gasteiger partial charge in [-0.05, 0) is 74.0 Å². The van der Waals surface area contributed by atoms with Crippen LogP contribution in [0.2, 0.25) is 0 Å². The molecule has 0 fully saturated rings. The second-order valence-electron chi connectivity index (χ2n) is 16.1. The van der Waals surface area contributed by atoms with Gasteiger partial charge < -0.3 is 19.7 Å². The number of pyridine rings is 1. The van der Waals surface area contributed by atoms with Gasteiger partial charge in [-0.15, -0.1) is 22.7 Å². The Kier molecular flexibility index (Phi) is 9.07. The van der Waals surface area contributed by atoms with Gasteiger partial charge in [0.25, 0.3) is 5.91 Å². The van der Waals surface area contributed by atoms with E-state index >= 15 is 26.3 Å². The van der Waals surface area contributed by atoms with Crippen molar-refractivity contribution in [3.05, 3.63) is 175 Å². The average Bonchev–Trinajstić information content (AvgIpc) is 3.93. The van der Waals surface area contributed by atoms with Gasteiger partial charge in [-0.1, -0.05) is 54.6 Å². The summed E-state index contributed by atoms with van der Waals surface area (Å²) in [5.41, 5.74) is -2.32. The molecule has 1 amide bonds. The summed E-state index contributed by atoms with van der Waals surface area (Å²) >= 11 is 2.02. The van der Waals surface area contributed by atoms with E-state index in [9.17, 15) is 15.0 Å². The third-order valence-corrected chi connectivity index (χ3v) is 14.4. The number of rotatable bonds is 7. The van der Waals surface area contributed by atoms with Crippen LogP contribution in [-0.2, 0) is 12.1 Å². The molecule has 11 rings (SSSR count). The highest BCUT2D eigenvalue weighted by Crippen LogP contribution is 2.66. The van der Waals surface area contributed by atoms with Crippen LogP contribution in [0.5, 0.6) is 28.7 Å². The summed E-state index contributed by atoms with van der Waals surface area (Å²) in [6.07, 6.45) is 1.41. The van der Waals surface area contributed by atoms with E-state index < -0.39 is 45.9 Å². The molecule has 1 aliphatic carbocycles. The van der Waals surface area contributed by atoms with Gasteiger partial charge in [-0.25, -0.2) is 9.99 Å². The number of ether oxygens (including phenoxy) is 2. The molecule has 1 spiro atoms. The van der Waals surface area contributed by atoms with Gasteiger partial charge in [-0.2, -0.15) is 31.4 Å². The Balaban J connectivity index is 0.955. The molecule has 66 heavy (non-hydrogen) atoms. The van der Waals surface area contributed by atoms with Crippen molar-refractivity contribution in [2.75, 3.05) is 0 Å². The summed E-state index contributed by atoms with van der Waals surface area (Å²) in [5.74, 6) is -16.0. The highest BCUT2D eigenvalue weighted by Gasteiger charge is 2.80. The molecule has 0 saturated carbocycles. The standard InChI is InChI=1S/C50H31F6N3O5S2/c1-25-34(43-44(49(53,54)50(55,56)48(43,51)52)42-26(2)66-41-13-6-4-10-33(41)42)22-31(65-25)24-63-38-12-7-8-27-14-15-28(58-45(27)38)23-57-59-46(62)32-9-3-5-11-35(32)47(59)36-18-16-29(60)20-39(36)64-40-21-30(61)17-19-37(40)47/h3-23,60-61H,24H2,1-2H3/b57-23+. The number of amides is 1. The van der Waals surface area contributed by atoms with Crippen LogP contribution < -0.4 is 9.47 Å². The van der Waals surface area contributed by atoms with Crippen molar-refractivity contribution in [2.45, 2.75) is 43.8 Å². The summed E-state index contributed by atoms with van der Waals surface area (Å²) in [7, 11) is 0. The lowest BCUT2D eigenvalue weighted by atomic mass is 9.75. The molecule has 5 heterocycles. The number of carbonyl (C=O) groups excluding carboxylic acids is 1. The number of hydrogen-bond acceptors (Lipinski definition) is 9. The predicted molar refractivity (Wildman–Crippen MR) is 240 cm³/mol. The smallest absolute Gasteiger partial charge is 0.380 e. The van der Waals surface area contributed by atoms with Crippen LogP contribution in [0.1, 0.15) is 58.5 Å². The molecular formula is C50H31F6N3O5S2. The largest absolute Gasteiger partial charge is 0.508 e. The van der Waals surface area contributed by atoms with Crippen LogP contribution in [0, 0.1) is 13.8 Å². The van der Waals surface area contributed by atoms with Gasteiger partial charge >= 0.3 is 17.8 Å². The lowest BCUT2D eigenvalue weighted by molar-refractivity contribution is -0.254. The highest BCUT2D eigenvalue weighted by molar-refractivity contribution is 7.19. The number of aromatic hydroxyl groups is 2. The maximum atomic E-state index is 15.9. The Bertz CT molecular complexity index is 3400. The fourth-order valence-corrected chi connectivity index (χ4v) is 11.4. The zero-order valence-electron chi connectivity index (χ0n) is 34.4. The minimum Gasteiger partial charge on any atom is -0.508 e. The van der Waals surface area contributed by atoms with Crippen molar-refractivity contribution in [1.82, 2.24) is 9.99 Å². The summed E-state index contributed by atoms with van der Waals surface area (Å²) < 4.78 is 107. The zero-order valence-corrected chi connectivity index (χ0v) is 36.0. The minimum absolute atomic E-state index is 0.0811. The van der Waals surface area contributed by atoms with Gasteiger partial charge in [-0.3, -0.25) is 4.79 Å². The van der Waals surface area contributed by atoms with E-state index in [1.807, 2.05) is 6.07 Å². The van der Waals surface area contributed by atoms with E-state index in [2.05, 4.69) is 0 Å². The molecule has 8 nitrogen and oxygen atoms in total. The zero-order chi connectivity index (χ0) is 46.1. The molecule has 0 radical (unpaired) electrons. The first kappa shape index (κ1) is 41.5. The molecule has 2 N–H and O–H groups in total. The highest BCUT2D eigenvalue weighted by atomic mass is 32.1. The van der Waals surface area contributed by atoms with Crippen molar-refractivity contribution in [2.24, 2.45) is 5.10 Å². The number of hydrogen-bond donors (Lipinski definition) is 2. The Labute approximate surface area is 378 Å². The quantitative estimate of drug-likeness (QED) is 0.122. The van der Waals surface area contributed by atoms with Crippen molar-refractivity contribution in [3.63, 3.8) is 0 Å². The summed E-state index contributed by atoms with van der Waals surface area (Å²) in [6, 6.07) is 32.2. The van der Waals surface area contributed by atoms with Crippen LogP contribution in [0.4, 0.5) is 26.3 Å². The second-order valence-corrected chi connectivity index (χ2v) is 18.7. The van der Waals surface area contributed by atoms with E-state index in [0.29, 0.717) is 48.4 Å². The lowest BCUT2D eigenvalue weighted by Gasteiger charge is -2.41. The molecule has 330 valence electrons. The molecule has 16 heteroatoms. The number of para-hydroxylation sites is 1. The van der Waals surface area contributed by atoms with E-state index in [-0.39, 0.29) is 56.1 Å². The third kappa shape index (κ3) is 5.73. The summed E-state index contributed by atoms with van der Waals surface area (Å²) in [4.78, 5) is 19.8. The van der Waals surface area contributed by atoms with Crippen LogP contribution >= 0.6 is 22.7 Å². The van der Waals surface area contributed by atoms with E-state index in [4.69, 9.17) is 19.6 Å². The number of phenolic OH excluding ortho intramolecular Hbond substituents is 2. The number of aromatic nitrogens is 1. The molecule has 0 saturated heterocycles. The summed E-state index contributed by atoms with van der Waals surface area (Å²) in [6.45, 7) is 2.62. The molecule has 0 unspecified atom stereocenters. The van der Waals surface area contributed by atoms with Crippen LogP contribution in [-0.4, -0.2) is 50.1 Å². The number of nitrogens with zero attached hydrogens (tertiary/aromatic N) is 3. The van der Waals surface area contributed by atoms with Crippen molar-refractivity contribution < 1.29 is 50.8 Å². The number of phenols is 2. The fourth-order valence-electron chi connectivity index (χ4n) is 9.42. The van der Waals surface area contributed by atoms with Crippen LogP contribution in [0.15, 0.2) is 126 Å². The molecule has 3 aliphatic rings. The van der Waals surface area contributed by atoms with Gasteiger partial charge in [0.15, 0.2) is 0 Å². The maximum absolute atomic E-state index is 15.9. The third-order valence-electron chi connectivity index (χ3n) is 12.3. The maximum Gasteiger partial charge on any atom is 0.380 e. The Morgan fingerprint density at radius 2 is 1.41 bits per heavy atom. The van der Waals surface area contributed by atoms with Gasteiger partial charge in [0.1, 0.15) is 46.4 Å². The molecule has 8 aromatic rings. The average molecular weight is 932 g/mol. The van der Waals surface area contributed by atoms with Crippen molar-refractivity contribution >= 4 is 66.9 Å². The first-order chi connectivity index (χ1) is 31.5. The first-order valence-electron chi connectivity index (χ1n) is 20.4. The topological polar surface area (TPSA) is 104 Å². The number of thiophene rings is 2. The molecule has 2 aliphatic heterocycles. The monoisotopic (exact) mass is 931 g/mol. The first-order valence-corrected chi connectivity index (χ1v) is 22.0. The summed E-state index contributed by atoms with van der Waals surface area (Å²) in [5, 5.41) is 27.8. The van der Waals surface area contributed by atoms with E-state index in [1.54, 1.807) is 78.9 Å². The van der Waals surface area contributed by atoms with Gasteiger partial charge in [0.2, 0.25) is 0 Å². The Morgan fingerprint density at radius 1 is 0.727 bits per heavy atom. The number of fused-ring (bicyclic) bond motifs is 8. The normalized spacial score (nSPS) is 17.5. The van der Waals surface area contributed by atoms with Crippen molar-refractivity contribution in [1.29, 1.82) is 0 Å². The van der Waals surface area contributed by atoms with Gasteiger partial charge in [0, 0.05) is 81.2 Å².